The molecule has 0 aliphatic rings. The van der Waals surface area contributed by atoms with Crippen molar-refractivity contribution in [1.29, 1.82) is 0 Å². The Morgan fingerprint density at radius 1 is 1.20 bits per heavy atom. The summed E-state index contributed by atoms with van der Waals surface area (Å²) in [5.74, 6) is -0.176. The van der Waals surface area contributed by atoms with Gasteiger partial charge in [0.15, 0.2) is 0 Å². The zero-order valence-electron chi connectivity index (χ0n) is 10.3. The summed E-state index contributed by atoms with van der Waals surface area (Å²) in [6.45, 7) is 6.41. The molecule has 0 heterocycles. The first kappa shape index (κ1) is 14.2. The van der Waals surface area contributed by atoms with Gasteiger partial charge >= 0.3 is 5.97 Å². The molecule has 0 amide bonds. The van der Waals surface area contributed by atoms with E-state index in [1.807, 2.05) is 0 Å². The van der Waals surface area contributed by atoms with Gasteiger partial charge in [-0.2, -0.15) is 0 Å². The third-order valence-electron chi connectivity index (χ3n) is 2.32. The van der Waals surface area contributed by atoms with Crippen LogP contribution < -0.4 is 0 Å². The highest BCUT2D eigenvalue weighted by atomic mass is 16.5. The highest BCUT2D eigenvalue weighted by Gasteiger charge is 1.94. The van der Waals surface area contributed by atoms with E-state index < -0.39 is 0 Å². The Balaban J connectivity index is 3.33. The van der Waals surface area contributed by atoms with Crippen molar-refractivity contribution in [2.75, 3.05) is 6.61 Å². The molecule has 2 heteroatoms. The van der Waals surface area contributed by atoms with Crippen LogP contribution in [0, 0.1) is 0 Å². The number of allylic oxidation sites excluding steroid dienone is 2. The van der Waals surface area contributed by atoms with Crippen LogP contribution in [0.25, 0.3) is 0 Å². The SMILES string of the molecule is CCCC/C=C(/C)CCCCOC(C)=O. The molecule has 0 rings (SSSR count). The van der Waals surface area contributed by atoms with Crippen molar-refractivity contribution < 1.29 is 9.53 Å². The molecule has 0 fully saturated rings. The molecule has 15 heavy (non-hydrogen) atoms. The van der Waals surface area contributed by atoms with Crippen molar-refractivity contribution in [2.24, 2.45) is 0 Å². The van der Waals surface area contributed by atoms with E-state index in [1.54, 1.807) is 0 Å². The van der Waals surface area contributed by atoms with Crippen LogP contribution in [-0.2, 0) is 9.53 Å². The Kier molecular flexibility index (Phi) is 9.24. The van der Waals surface area contributed by atoms with Gasteiger partial charge in [-0.25, -0.2) is 0 Å². The zero-order valence-corrected chi connectivity index (χ0v) is 10.3. The average molecular weight is 212 g/mol. The number of unbranched alkanes of at least 4 members (excludes halogenated alkanes) is 3. The second-order valence-corrected chi connectivity index (χ2v) is 3.99. The van der Waals surface area contributed by atoms with Gasteiger partial charge < -0.3 is 4.74 Å². The number of ether oxygens (including phenoxy) is 1. The second-order valence-electron chi connectivity index (χ2n) is 3.99. The molecule has 0 unspecified atom stereocenters. The molecule has 88 valence electrons. The van der Waals surface area contributed by atoms with E-state index in [1.165, 1.54) is 31.8 Å². The van der Waals surface area contributed by atoms with Gasteiger partial charge in [-0.15, -0.1) is 0 Å². The van der Waals surface area contributed by atoms with Gasteiger partial charge in [0.2, 0.25) is 0 Å². The lowest BCUT2D eigenvalue weighted by Crippen LogP contribution is -2.00. The predicted octanol–water partition coefficient (Wildman–Crippen LogP) is 3.86. The first-order valence-electron chi connectivity index (χ1n) is 5.95. The van der Waals surface area contributed by atoms with Crippen LogP contribution in [-0.4, -0.2) is 12.6 Å². The number of rotatable bonds is 8. The summed E-state index contributed by atoms with van der Waals surface area (Å²) in [6, 6.07) is 0. The van der Waals surface area contributed by atoms with Crippen LogP contribution >= 0.6 is 0 Å². The van der Waals surface area contributed by atoms with Crippen molar-refractivity contribution in [3.8, 4) is 0 Å². The molecule has 0 aliphatic carbocycles. The van der Waals surface area contributed by atoms with Gasteiger partial charge in [0.1, 0.15) is 0 Å². The molecule has 0 radical (unpaired) electrons. The van der Waals surface area contributed by atoms with E-state index in [4.69, 9.17) is 4.74 Å². The molecule has 0 N–H and O–H groups in total. The fraction of sp³-hybridized carbons (Fsp3) is 0.769. The average Bonchev–Trinajstić information content (AvgIpc) is 2.17. The lowest BCUT2D eigenvalue weighted by atomic mass is 10.1. The maximum atomic E-state index is 10.5. The number of hydrogen-bond donors (Lipinski definition) is 0. The highest BCUT2D eigenvalue weighted by molar-refractivity contribution is 5.65. The van der Waals surface area contributed by atoms with E-state index >= 15 is 0 Å². The van der Waals surface area contributed by atoms with Crippen LogP contribution in [0.1, 0.15) is 59.3 Å². The van der Waals surface area contributed by atoms with Crippen LogP contribution in [0.3, 0.4) is 0 Å². The van der Waals surface area contributed by atoms with E-state index in [9.17, 15) is 4.79 Å². The van der Waals surface area contributed by atoms with E-state index in [2.05, 4.69) is 19.9 Å². The fourth-order valence-corrected chi connectivity index (χ4v) is 1.38. The largest absolute Gasteiger partial charge is 0.466 e. The number of esters is 1. The zero-order chi connectivity index (χ0) is 11.5. The van der Waals surface area contributed by atoms with E-state index in [-0.39, 0.29) is 5.97 Å². The quantitative estimate of drug-likeness (QED) is 0.347. The molecule has 0 aromatic carbocycles. The van der Waals surface area contributed by atoms with Gasteiger partial charge in [-0.3, -0.25) is 4.79 Å². The Bertz CT molecular complexity index is 195. The molecule has 0 aromatic rings. The third-order valence-corrected chi connectivity index (χ3v) is 2.32. The van der Waals surface area contributed by atoms with Crippen molar-refractivity contribution in [3.05, 3.63) is 11.6 Å². The summed E-state index contributed by atoms with van der Waals surface area (Å²) in [5, 5.41) is 0. The maximum absolute atomic E-state index is 10.5. The monoisotopic (exact) mass is 212 g/mol. The standard InChI is InChI=1S/C13H24O2/c1-4-5-6-9-12(2)10-7-8-11-15-13(3)14/h9H,4-8,10-11H2,1-3H3/b12-9-. The Morgan fingerprint density at radius 3 is 2.53 bits per heavy atom. The van der Waals surface area contributed by atoms with E-state index in [0.717, 1.165) is 19.3 Å². The van der Waals surface area contributed by atoms with Crippen molar-refractivity contribution in [1.82, 2.24) is 0 Å². The molecular weight excluding hydrogens is 188 g/mol. The highest BCUT2D eigenvalue weighted by Crippen LogP contribution is 2.09. The summed E-state index contributed by atoms with van der Waals surface area (Å²) in [4.78, 5) is 10.5. The Labute approximate surface area is 93.7 Å². The third kappa shape index (κ3) is 11.1. The minimum Gasteiger partial charge on any atom is -0.466 e. The summed E-state index contributed by atoms with van der Waals surface area (Å²) in [5.41, 5.74) is 1.46. The van der Waals surface area contributed by atoms with Crippen LogP contribution in [0.15, 0.2) is 11.6 Å². The molecule has 0 saturated carbocycles. The van der Waals surface area contributed by atoms with Gasteiger partial charge in [-0.05, 0) is 32.6 Å². The Morgan fingerprint density at radius 2 is 1.93 bits per heavy atom. The minimum atomic E-state index is -0.176. The fourth-order valence-electron chi connectivity index (χ4n) is 1.38. The number of carbonyl (C=O) groups excluding carboxylic acids is 1. The van der Waals surface area contributed by atoms with Crippen LogP contribution in [0.4, 0.5) is 0 Å². The molecule has 0 aliphatic heterocycles. The summed E-state index contributed by atoms with van der Waals surface area (Å²) in [6.07, 6.45) is 9.29. The smallest absolute Gasteiger partial charge is 0.302 e. The van der Waals surface area contributed by atoms with Crippen molar-refractivity contribution in [3.63, 3.8) is 0 Å². The second kappa shape index (κ2) is 9.75. The molecule has 0 bridgehead atoms. The van der Waals surface area contributed by atoms with Crippen LogP contribution in [0.5, 0.6) is 0 Å². The van der Waals surface area contributed by atoms with Gasteiger partial charge in [0.25, 0.3) is 0 Å². The minimum absolute atomic E-state index is 0.176. The molecule has 0 saturated heterocycles. The van der Waals surface area contributed by atoms with Gasteiger partial charge in [0.05, 0.1) is 6.61 Å². The topological polar surface area (TPSA) is 26.3 Å². The van der Waals surface area contributed by atoms with E-state index in [0.29, 0.717) is 6.61 Å². The first-order chi connectivity index (χ1) is 7.16. The lowest BCUT2D eigenvalue weighted by molar-refractivity contribution is -0.141. The number of carbonyl (C=O) groups is 1. The number of hydrogen-bond acceptors (Lipinski definition) is 2. The van der Waals surface area contributed by atoms with Crippen LogP contribution in [0.2, 0.25) is 0 Å². The normalized spacial score (nSPS) is 11.5. The molecular formula is C13H24O2. The van der Waals surface area contributed by atoms with Gasteiger partial charge in [-0.1, -0.05) is 31.4 Å². The maximum Gasteiger partial charge on any atom is 0.302 e. The summed E-state index contributed by atoms with van der Waals surface area (Å²) >= 11 is 0. The summed E-state index contributed by atoms with van der Waals surface area (Å²) < 4.78 is 4.86. The predicted molar refractivity (Wildman–Crippen MR) is 63.8 cm³/mol. The molecule has 0 spiro atoms. The lowest BCUT2D eigenvalue weighted by Gasteiger charge is -2.02. The summed E-state index contributed by atoms with van der Waals surface area (Å²) in [7, 11) is 0. The van der Waals surface area contributed by atoms with Crippen molar-refractivity contribution >= 4 is 5.97 Å². The first-order valence-corrected chi connectivity index (χ1v) is 5.95. The molecule has 0 aromatic heterocycles. The molecule has 0 atom stereocenters. The van der Waals surface area contributed by atoms with Gasteiger partial charge in [0, 0.05) is 6.92 Å². The Hall–Kier alpha value is -0.790. The molecule has 2 nitrogen and oxygen atoms in total. The van der Waals surface area contributed by atoms with Crippen molar-refractivity contribution in [2.45, 2.75) is 59.3 Å².